The lowest BCUT2D eigenvalue weighted by atomic mass is 10.3. The van der Waals surface area contributed by atoms with Gasteiger partial charge in [-0.25, -0.2) is 0 Å². The molecule has 0 atom stereocenters. The maximum absolute atomic E-state index is 11.5. The van der Waals surface area contributed by atoms with Crippen LogP contribution in [0.1, 0.15) is 32.6 Å². The Balaban J connectivity index is 2.18. The minimum atomic E-state index is 0.0372. The third-order valence-corrected chi connectivity index (χ3v) is 3.74. The molecular formula is C13H22N2OS. The van der Waals surface area contributed by atoms with Crippen molar-refractivity contribution >= 4 is 17.4 Å². The Morgan fingerprint density at radius 3 is 2.76 bits per heavy atom. The van der Waals surface area contributed by atoms with Crippen LogP contribution in [0.4, 0.5) is 5.69 Å². The summed E-state index contributed by atoms with van der Waals surface area (Å²) in [6.07, 6.45) is 6.66. The smallest absolute Gasteiger partial charge is 0.250 e. The van der Waals surface area contributed by atoms with Gasteiger partial charge in [0.1, 0.15) is 0 Å². The summed E-state index contributed by atoms with van der Waals surface area (Å²) in [5, 5.41) is 0. The topological polar surface area (TPSA) is 48.0 Å². The number of nitrogens with zero attached hydrogens (tertiary/aromatic N) is 1. The van der Waals surface area contributed by atoms with Crippen LogP contribution in [0.5, 0.6) is 0 Å². The molecule has 4 heteroatoms. The number of aromatic nitrogens is 1. The molecule has 96 valence electrons. The number of nitrogens with two attached hydrogens (primary N) is 1. The molecule has 0 fully saturated rings. The van der Waals surface area contributed by atoms with Crippen LogP contribution in [0.25, 0.3) is 0 Å². The molecule has 0 unspecified atom stereocenters. The summed E-state index contributed by atoms with van der Waals surface area (Å²) >= 11 is 1.98. The highest BCUT2D eigenvalue weighted by molar-refractivity contribution is 7.99. The Morgan fingerprint density at radius 2 is 2.00 bits per heavy atom. The standard InChI is InChI=1S/C13H22N2OS/c1-2-3-4-9-17-10-5-8-15-11-12(14)6-7-13(15)16/h6-7,11H,2-5,8-10,14H2,1H3. The van der Waals surface area contributed by atoms with E-state index in [4.69, 9.17) is 5.73 Å². The SMILES string of the molecule is CCCCCSCCCn1cc(N)ccc1=O. The predicted molar refractivity (Wildman–Crippen MR) is 76.6 cm³/mol. The fourth-order valence-corrected chi connectivity index (χ4v) is 2.56. The maximum Gasteiger partial charge on any atom is 0.250 e. The first-order chi connectivity index (χ1) is 8.24. The lowest BCUT2D eigenvalue weighted by molar-refractivity contribution is 0.659. The molecule has 17 heavy (non-hydrogen) atoms. The normalized spacial score (nSPS) is 10.6. The van der Waals surface area contributed by atoms with Crippen molar-refractivity contribution in [2.45, 2.75) is 39.2 Å². The lowest BCUT2D eigenvalue weighted by Crippen LogP contribution is -2.19. The number of hydrogen-bond acceptors (Lipinski definition) is 3. The largest absolute Gasteiger partial charge is 0.398 e. The van der Waals surface area contributed by atoms with Crippen molar-refractivity contribution in [3.63, 3.8) is 0 Å². The van der Waals surface area contributed by atoms with E-state index in [1.807, 2.05) is 11.8 Å². The number of rotatable bonds is 8. The molecule has 0 bridgehead atoms. The van der Waals surface area contributed by atoms with Crippen LogP contribution in [0.2, 0.25) is 0 Å². The zero-order valence-electron chi connectivity index (χ0n) is 10.5. The summed E-state index contributed by atoms with van der Waals surface area (Å²) in [5.41, 5.74) is 6.34. The van der Waals surface area contributed by atoms with Crippen molar-refractivity contribution in [1.29, 1.82) is 0 Å². The monoisotopic (exact) mass is 254 g/mol. The van der Waals surface area contributed by atoms with Gasteiger partial charge in [0.05, 0.1) is 0 Å². The first-order valence-corrected chi connectivity index (χ1v) is 7.43. The number of anilines is 1. The van der Waals surface area contributed by atoms with Crippen LogP contribution >= 0.6 is 11.8 Å². The molecule has 1 aromatic rings. The summed E-state index contributed by atoms with van der Waals surface area (Å²) in [4.78, 5) is 11.5. The second-order valence-electron chi connectivity index (χ2n) is 4.17. The summed E-state index contributed by atoms with van der Waals surface area (Å²) in [5.74, 6) is 2.35. The second-order valence-corrected chi connectivity index (χ2v) is 5.39. The first-order valence-electron chi connectivity index (χ1n) is 6.27. The first kappa shape index (κ1) is 14.2. The van der Waals surface area contributed by atoms with Crippen molar-refractivity contribution in [2.24, 2.45) is 0 Å². The van der Waals surface area contributed by atoms with Crippen LogP contribution in [-0.4, -0.2) is 16.1 Å². The molecule has 0 radical (unpaired) electrons. The average Bonchev–Trinajstić information content (AvgIpc) is 2.32. The molecule has 0 amide bonds. The Morgan fingerprint density at radius 1 is 1.24 bits per heavy atom. The lowest BCUT2D eigenvalue weighted by Gasteiger charge is -2.06. The molecule has 0 spiro atoms. The van der Waals surface area contributed by atoms with Crippen molar-refractivity contribution in [3.8, 4) is 0 Å². The van der Waals surface area contributed by atoms with Gasteiger partial charge >= 0.3 is 0 Å². The molecule has 3 nitrogen and oxygen atoms in total. The van der Waals surface area contributed by atoms with Gasteiger partial charge in [0.15, 0.2) is 0 Å². The van der Waals surface area contributed by atoms with Crippen molar-refractivity contribution < 1.29 is 0 Å². The minimum absolute atomic E-state index is 0.0372. The number of aryl methyl sites for hydroxylation is 1. The third-order valence-electron chi connectivity index (χ3n) is 2.59. The summed E-state index contributed by atoms with van der Waals surface area (Å²) in [6, 6.07) is 3.18. The predicted octanol–water partition coefficient (Wildman–Crippen LogP) is 2.74. The number of hydrogen-bond donors (Lipinski definition) is 1. The molecule has 0 saturated heterocycles. The third kappa shape index (κ3) is 5.82. The number of pyridine rings is 1. The van der Waals surface area contributed by atoms with Gasteiger partial charge in [-0.1, -0.05) is 19.8 Å². The van der Waals surface area contributed by atoms with E-state index in [0.717, 1.165) is 18.7 Å². The number of nitrogen functional groups attached to an aromatic ring is 1. The molecule has 0 aromatic carbocycles. The van der Waals surface area contributed by atoms with E-state index in [0.29, 0.717) is 5.69 Å². The Bertz CT molecular complexity index is 376. The van der Waals surface area contributed by atoms with Gasteiger partial charge in [0, 0.05) is 24.5 Å². The van der Waals surface area contributed by atoms with Gasteiger partial charge in [-0.05, 0) is 30.4 Å². The van der Waals surface area contributed by atoms with Crippen LogP contribution < -0.4 is 11.3 Å². The minimum Gasteiger partial charge on any atom is -0.398 e. The summed E-state index contributed by atoms with van der Waals surface area (Å²) in [6.45, 7) is 2.99. The van der Waals surface area contributed by atoms with Gasteiger partial charge < -0.3 is 10.3 Å². The Kier molecular flexibility index (Phi) is 6.86. The molecule has 1 rings (SSSR count). The zero-order chi connectivity index (χ0) is 12.5. The molecule has 0 aliphatic heterocycles. The summed E-state index contributed by atoms with van der Waals surface area (Å²) < 4.78 is 1.70. The van der Waals surface area contributed by atoms with Gasteiger partial charge in [-0.2, -0.15) is 11.8 Å². The fraction of sp³-hybridized carbons (Fsp3) is 0.615. The maximum atomic E-state index is 11.5. The fourth-order valence-electron chi connectivity index (χ4n) is 1.62. The van der Waals surface area contributed by atoms with Crippen LogP contribution in [0.3, 0.4) is 0 Å². The van der Waals surface area contributed by atoms with E-state index >= 15 is 0 Å². The molecule has 0 aliphatic rings. The molecule has 1 heterocycles. The van der Waals surface area contributed by atoms with E-state index in [9.17, 15) is 4.79 Å². The van der Waals surface area contributed by atoms with E-state index < -0.39 is 0 Å². The van der Waals surface area contributed by atoms with Crippen LogP contribution in [-0.2, 0) is 6.54 Å². The highest BCUT2D eigenvalue weighted by Crippen LogP contribution is 2.08. The number of unbranched alkanes of at least 4 members (excludes halogenated alkanes) is 2. The van der Waals surface area contributed by atoms with Gasteiger partial charge in [0.25, 0.3) is 5.56 Å². The highest BCUT2D eigenvalue weighted by atomic mass is 32.2. The number of thioether (sulfide) groups is 1. The average molecular weight is 254 g/mol. The van der Waals surface area contributed by atoms with Gasteiger partial charge in [0.2, 0.25) is 0 Å². The van der Waals surface area contributed by atoms with Crippen molar-refractivity contribution in [1.82, 2.24) is 4.57 Å². The molecule has 0 aliphatic carbocycles. The van der Waals surface area contributed by atoms with Gasteiger partial charge in [-0.3, -0.25) is 4.79 Å². The highest BCUT2D eigenvalue weighted by Gasteiger charge is 1.96. The van der Waals surface area contributed by atoms with E-state index in [2.05, 4.69) is 6.92 Å². The van der Waals surface area contributed by atoms with E-state index in [-0.39, 0.29) is 5.56 Å². The Hall–Kier alpha value is -0.900. The van der Waals surface area contributed by atoms with Gasteiger partial charge in [-0.15, -0.1) is 0 Å². The van der Waals surface area contributed by atoms with Crippen LogP contribution in [0, 0.1) is 0 Å². The quantitative estimate of drug-likeness (QED) is 0.726. The second kappa shape index (κ2) is 8.23. The molecule has 1 aromatic heterocycles. The van der Waals surface area contributed by atoms with Crippen LogP contribution in [0.15, 0.2) is 23.1 Å². The van der Waals surface area contributed by atoms with E-state index in [1.54, 1.807) is 16.8 Å². The zero-order valence-corrected chi connectivity index (χ0v) is 11.3. The molecule has 2 N–H and O–H groups in total. The Labute approximate surface area is 107 Å². The molecule has 0 saturated carbocycles. The van der Waals surface area contributed by atoms with Crippen molar-refractivity contribution in [2.75, 3.05) is 17.2 Å². The van der Waals surface area contributed by atoms with E-state index in [1.165, 1.54) is 31.1 Å². The van der Waals surface area contributed by atoms with Crippen molar-refractivity contribution in [3.05, 3.63) is 28.7 Å². The molecular weight excluding hydrogens is 232 g/mol. The summed E-state index contributed by atoms with van der Waals surface area (Å²) in [7, 11) is 0.